The van der Waals surface area contributed by atoms with Gasteiger partial charge in [0.15, 0.2) is 0 Å². The van der Waals surface area contributed by atoms with Crippen LogP contribution in [0.25, 0.3) is 10.6 Å². The highest BCUT2D eigenvalue weighted by molar-refractivity contribution is 7.15. The zero-order valence-corrected chi connectivity index (χ0v) is 16.7. The molecule has 0 spiro atoms. The van der Waals surface area contributed by atoms with Gasteiger partial charge in [0.25, 0.3) is 0 Å². The quantitative estimate of drug-likeness (QED) is 0.584. The average Bonchev–Trinajstić information content (AvgIpc) is 3.17. The van der Waals surface area contributed by atoms with Gasteiger partial charge in [-0.3, -0.25) is 0 Å². The summed E-state index contributed by atoms with van der Waals surface area (Å²) in [6.07, 6.45) is 7.40. The number of pyridine rings is 2. The molecule has 4 rings (SSSR count). The van der Waals surface area contributed by atoms with Gasteiger partial charge in [-0.05, 0) is 62.4 Å². The molecule has 0 atom stereocenters. The first-order valence-corrected chi connectivity index (χ1v) is 10.5. The molecule has 1 aliphatic rings. The van der Waals surface area contributed by atoms with E-state index in [9.17, 15) is 5.11 Å². The fourth-order valence-corrected chi connectivity index (χ4v) is 4.24. The molecule has 3 aromatic heterocycles. The van der Waals surface area contributed by atoms with Crippen molar-refractivity contribution in [1.82, 2.24) is 20.3 Å². The number of anilines is 2. The summed E-state index contributed by atoms with van der Waals surface area (Å²) < 4.78 is 0. The van der Waals surface area contributed by atoms with Crippen molar-refractivity contribution < 1.29 is 5.11 Å². The van der Waals surface area contributed by atoms with Crippen LogP contribution in [0.5, 0.6) is 0 Å². The summed E-state index contributed by atoms with van der Waals surface area (Å²) in [5, 5.41) is 17.5. The maximum absolute atomic E-state index is 9.62. The lowest BCUT2D eigenvalue weighted by atomic mass is 9.93. The number of aliphatic hydroxyl groups excluding tert-OH is 1. The Morgan fingerprint density at radius 3 is 2.79 bits per heavy atom. The van der Waals surface area contributed by atoms with E-state index in [-0.39, 0.29) is 6.10 Å². The normalized spacial score (nSPS) is 19.5. The van der Waals surface area contributed by atoms with Gasteiger partial charge in [0.1, 0.15) is 16.6 Å². The van der Waals surface area contributed by atoms with E-state index >= 15 is 0 Å². The number of aromatic nitrogens is 3. The van der Waals surface area contributed by atoms with Crippen LogP contribution in [0.1, 0.15) is 36.3 Å². The molecule has 7 heteroatoms. The number of nitrogens with zero attached hydrogens (tertiary/aromatic N) is 3. The van der Waals surface area contributed by atoms with Crippen LogP contribution in [0.3, 0.4) is 0 Å². The second-order valence-corrected chi connectivity index (χ2v) is 8.37. The number of aryl methyl sites for hydroxylation is 1. The van der Waals surface area contributed by atoms with Gasteiger partial charge in [0, 0.05) is 25.0 Å². The molecular weight excluding hydrogens is 370 g/mol. The van der Waals surface area contributed by atoms with Crippen molar-refractivity contribution in [1.29, 1.82) is 0 Å². The zero-order chi connectivity index (χ0) is 19.3. The lowest BCUT2D eigenvalue weighted by Gasteiger charge is -2.25. The number of hydrogen-bond donors (Lipinski definition) is 3. The molecule has 0 radical (unpaired) electrons. The molecule has 1 saturated carbocycles. The van der Waals surface area contributed by atoms with Crippen molar-refractivity contribution in [2.45, 2.75) is 51.3 Å². The fraction of sp³-hybridized carbons (Fsp3) is 0.381. The first kappa shape index (κ1) is 19.0. The maximum Gasteiger partial charge on any atom is 0.132 e. The zero-order valence-electron chi connectivity index (χ0n) is 15.9. The highest BCUT2D eigenvalue weighted by Gasteiger charge is 2.19. The monoisotopic (exact) mass is 395 g/mol. The van der Waals surface area contributed by atoms with E-state index in [1.807, 2.05) is 43.5 Å². The van der Waals surface area contributed by atoms with Crippen molar-refractivity contribution in [3.05, 3.63) is 53.3 Å². The summed E-state index contributed by atoms with van der Waals surface area (Å²) >= 11 is 1.66. The van der Waals surface area contributed by atoms with E-state index in [1.165, 1.54) is 0 Å². The molecule has 0 aromatic carbocycles. The predicted molar refractivity (Wildman–Crippen MR) is 113 cm³/mol. The molecule has 0 aliphatic heterocycles. The molecule has 3 N–H and O–H groups in total. The van der Waals surface area contributed by atoms with Crippen LogP contribution < -0.4 is 10.6 Å². The lowest BCUT2D eigenvalue weighted by molar-refractivity contribution is 0.116. The number of aliphatic hydroxyl groups is 1. The van der Waals surface area contributed by atoms with E-state index in [0.29, 0.717) is 6.04 Å². The molecule has 1 aliphatic carbocycles. The third-order valence-corrected chi connectivity index (χ3v) is 5.99. The lowest BCUT2D eigenvalue weighted by Crippen LogP contribution is -2.34. The van der Waals surface area contributed by atoms with Crippen LogP contribution in [0.2, 0.25) is 0 Å². The summed E-state index contributed by atoms with van der Waals surface area (Å²) in [7, 11) is 0. The van der Waals surface area contributed by atoms with Gasteiger partial charge in [-0.2, -0.15) is 0 Å². The van der Waals surface area contributed by atoms with E-state index in [0.717, 1.165) is 65.0 Å². The van der Waals surface area contributed by atoms with Crippen LogP contribution in [0.15, 0.2) is 42.7 Å². The van der Waals surface area contributed by atoms with Crippen molar-refractivity contribution in [3.8, 4) is 10.6 Å². The van der Waals surface area contributed by atoms with Crippen molar-refractivity contribution in [2.75, 3.05) is 5.32 Å². The van der Waals surface area contributed by atoms with E-state index in [1.54, 1.807) is 17.5 Å². The van der Waals surface area contributed by atoms with Crippen LogP contribution in [0, 0.1) is 6.92 Å². The molecule has 3 aromatic rings. The molecule has 1 fully saturated rings. The molecule has 0 amide bonds. The van der Waals surface area contributed by atoms with Crippen LogP contribution in [-0.4, -0.2) is 32.2 Å². The Morgan fingerprint density at radius 1 is 1.11 bits per heavy atom. The van der Waals surface area contributed by atoms with Gasteiger partial charge in [-0.1, -0.05) is 6.07 Å². The van der Waals surface area contributed by atoms with Crippen molar-refractivity contribution in [3.63, 3.8) is 0 Å². The minimum atomic E-state index is -0.119. The maximum atomic E-state index is 9.62. The smallest absolute Gasteiger partial charge is 0.132 e. The highest BCUT2D eigenvalue weighted by Crippen LogP contribution is 2.27. The van der Waals surface area contributed by atoms with E-state index < -0.39 is 0 Å². The van der Waals surface area contributed by atoms with Gasteiger partial charge in [-0.25, -0.2) is 15.0 Å². The molecule has 6 nitrogen and oxygen atoms in total. The number of thiazole rings is 1. The van der Waals surface area contributed by atoms with Crippen LogP contribution in [0.4, 0.5) is 11.6 Å². The second kappa shape index (κ2) is 8.77. The third-order valence-electron chi connectivity index (χ3n) is 4.97. The molecular formula is C21H25N5OS. The Kier molecular flexibility index (Phi) is 5.95. The van der Waals surface area contributed by atoms with Gasteiger partial charge < -0.3 is 15.7 Å². The van der Waals surface area contributed by atoms with Crippen molar-refractivity contribution in [2.24, 2.45) is 0 Å². The average molecular weight is 396 g/mol. The summed E-state index contributed by atoms with van der Waals surface area (Å²) in [4.78, 5) is 14.6. The first-order valence-electron chi connectivity index (χ1n) is 9.69. The largest absolute Gasteiger partial charge is 0.393 e. The molecule has 0 bridgehead atoms. The topological polar surface area (TPSA) is 83.0 Å². The van der Waals surface area contributed by atoms with Crippen LogP contribution in [-0.2, 0) is 6.54 Å². The Morgan fingerprint density at radius 2 is 1.96 bits per heavy atom. The van der Waals surface area contributed by atoms with Gasteiger partial charge in [0.05, 0.1) is 16.7 Å². The third kappa shape index (κ3) is 4.92. The standard InChI is InChI=1S/C21H25N5OS/c1-14-9-10-22-20(11-14)26-19-4-2-3-17(25-19)18-12-24-21(28-18)13-23-15-5-7-16(27)8-6-15/h2-4,9-12,15-16,23,27H,5-8,13H2,1H3,(H,22,25,26). The molecule has 28 heavy (non-hydrogen) atoms. The minimum absolute atomic E-state index is 0.119. The summed E-state index contributed by atoms with van der Waals surface area (Å²) in [6.45, 7) is 2.80. The van der Waals surface area contributed by atoms with E-state index in [2.05, 4.69) is 20.6 Å². The first-order chi connectivity index (χ1) is 13.7. The number of hydrogen-bond acceptors (Lipinski definition) is 7. The number of rotatable bonds is 6. The van der Waals surface area contributed by atoms with Gasteiger partial charge in [0.2, 0.25) is 0 Å². The Balaban J connectivity index is 1.39. The predicted octanol–water partition coefficient (Wildman–Crippen LogP) is 4.05. The number of nitrogens with one attached hydrogen (secondary N) is 2. The highest BCUT2D eigenvalue weighted by atomic mass is 32.1. The summed E-state index contributed by atoms with van der Waals surface area (Å²) in [5.41, 5.74) is 2.06. The van der Waals surface area contributed by atoms with Gasteiger partial charge >= 0.3 is 0 Å². The summed E-state index contributed by atoms with van der Waals surface area (Å²) in [6, 6.07) is 10.4. The molecule has 3 heterocycles. The van der Waals surface area contributed by atoms with Gasteiger partial charge in [-0.15, -0.1) is 11.3 Å². The molecule has 146 valence electrons. The second-order valence-electron chi connectivity index (χ2n) is 7.26. The van der Waals surface area contributed by atoms with E-state index in [4.69, 9.17) is 4.98 Å². The fourth-order valence-electron chi connectivity index (χ4n) is 3.40. The van der Waals surface area contributed by atoms with Crippen molar-refractivity contribution >= 4 is 23.0 Å². The summed E-state index contributed by atoms with van der Waals surface area (Å²) in [5.74, 6) is 1.56. The Labute approximate surface area is 169 Å². The van der Waals surface area contributed by atoms with Crippen LogP contribution >= 0.6 is 11.3 Å². The minimum Gasteiger partial charge on any atom is -0.393 e. The molecule has 0 unspecified atom stereocenters. The SMILES string of the molecule is Cc1ccnc(Nc2cccc(-c3cnc(CNC4CCC(O)CC4)s3)n2)c1. The Hall–Kier alpha value is -2.35. The Bertz CT molecular complexity index is 920. The molecule has 0 saturated heterocycles.